The summed E-state index contributed by atoms with van der Waals surface area (Å²) < 4.78 is 1.84. The number of carbonyl (C=O) groups excluding carboxylic acids is 1. The fraction of sp³-hybridized carbons (Fsp3) is 0.375. The summed E-state index contributed by atoms with van der Waals surface area (Å²) in [4.78, 5) is 12.2. The number of nitrogens with zero attached hydrogens (tertiary/aromatic N) is 2. The maximum absolute atomic E-state index is 12.2. The van der Waals surface area contributed by atoms with E-state index >= 15 is 0 Å². The highest BCUT2D eigenvalue weighted by molar-refractivity contribution is 5.94. The fourth-order valence-electron chi connectivity index (χ4n) is 2.23. The summed E-state index contributed by atoms with van der Waals surface area (Å²) in [6.45, 7) is 8.54. The molecule has 0 aliphatic heterocycles. The Bertz CT molecular complexity index is 656. The van der Waals surface area contributed by atoms with Crippen molar-refractivity contribution in [3.05, 3.63) is 51.8 Å². The number of rotatable bonds is 3. The number of hydrogen-bond acceptors (Lipinski definition) is 2. The van der Waals surface area contributed by atoms with Crippen LogP contribution in [0.15, 0.2) is 18.2 Å². The van der Waals surface area contributed by atoms with E-state index in [4.69, 9.17) is 0 Å². The second kappa shape index (κ2) is 5.49. The molecule has 0 atom stereocenters. The van der Waals surface area contributed by atoms with E-state index in [0.717, 1.165) is 22.5 Å². The highest BCUT2D eigenvalue weighted by Crippen LogP contribution is 2.13. The summed E-state index contributed by atoms with van der Waals surface area (Å²) in [6, 6.07) is 5.76. The van der Waals surface area contributed by atoms with Crippen LogP contribution < -0.4 is 5.32 Å². The zero-order valence-corrected chi connectivity index (χ0v) is 12.7. The summed E-state index contributed by atoms with van der Waals surface area (Å²) in [5.74, 6) is -0.0456. The van der Waals surface area contributed by atoms with Gasteiger partial charge >= 0.3 is 0 Å². The molecule has 0 unspecified atom stereocenters. The molecule has 1 aromatic carbocycles. The number of nitrogens with one attached hydrogen (secondary N) is 1. The van der Waals surface area contributed by atoms with Crippen molar-refractivity contribution in [1.29, 1.82) is 0 Å². The number of carbonyl (C=O) groups is 1. The van der Waals surface area contributed by atoms with Gasteiger partial charge in [-0.15, -0.1) is 0 Å². The van der Waals surface area contributed by atoms with Crippen LogP contribution in [0.25, 0.3) is 0 Å². The van der Waals surface area contributed by atoms with Gasteiger partial charge in [-0.2, -0.15) is 5.10 Å². The second-order valence-electron chi connectivity index (χ2n) is 5.25. The monoisotopic (exact) mass is 271 g/mol. The molecule has 2 aromatic rings. The minimum absolute atomic E-state index is 0.0456. The zero-order chi connectivity index (χ0) is 14.9. The van der Waals surface area contributed by atoms with Gasteiger partial charge in [0.25, 0.3) is 5.91 Å². The molecule has 1 N–H and O–H groups in total. The second-order valence-corrected chi connectivity index (χ2v) is 5.25. The highest BCUT2D eigenvalue weighted by atomic mass is 16.1. The first-order chi connectivity index (χ1) is 9.40. The average Bonchev–Trinajstić information content (AvgIpc) is 2.64. The molecule has 1 aromatic heterocycles. The molecular formula is C16H21N3O. The Kier molecular flexibility index (Phi) is 3.93. The smallest absolute Gasteiger partial charge is 0.251 e. The molecule has 106 valence electrons. The number of amides is 1. The molecule has 0 saturated heterocycles. The summed E-state index contributed by atoms with van der Waals surface area (Å²) in [5.41, 5.74) is 6.16. The predicted molar refractivity (Wildman–Crippen MR) is 79.8 cm³/mol. The molecule has 0 fully saturated rings. The lowest BCUT2D eigenvalue weighted by Gasteiger charge is -2.08. The van der Waals surface area contributed by atoms with E-state index in [1.807, 2.05) is 57.6 Å². The van der Waals surface area contributed by atoms with Crippen molar-refractivity contribution in [2.24, 2.45) is 7.05 Å². The van der Waals surface area contributed by atoms with Crippen molar-refractivity contribution in [3.8, 4) is 0 Å². The van der Waals surface area contributed by atoms with Gasteiger partial charge in [0.15, 0.2) is 0 Å². The third-order valence-corrected chi connectivity index (χ3v) is 3.85. The number of benzene rings is 1. The van der Waals surface area contributed by atoms with Crippen LogP contribution in [-0.2, 0) is 13.6 Å². The first kappa shape index (κ1) is 14.3. The lowest BCUT2D eigenvalue weighted by molar-refractivity contribution is 0.0950. The Morgan fingerprint density at radius 2 is 1.90 bits per heavy atom. The summed E-state index contributed by atoms with van der Waals surface area (Å²) in [6.07, 6.45) is 0. The average molecular weight is 271 g/mol. The molecule has 0 spiro atoms. The molecule has 0 bridgehead atoms. The van der Waals surface area contributed by atoms with E-state index in [1.165, 1.54) is 5.56 Å². The van der Waals surface area contributed by atoms with Crippen LogP contribution >= 0.6 is 0 Å². The number of hydrogen-bond donors (Lipinski definition) is 1. The molecular weight excluding hydrogens is 250 g/mol. The fourth-order valence-corrected chi connectivity index (χ4v) is 2.23. The van der Waals surface area contributed by atoms with Crippen LogP contribution in [-0.4, -0.2) is 15.7 Å². The zero-order valence-electron chi connectivity index (χ0n) is 12.7. The lowest BCUT2D eigenvalue weighted by Crippen LogP contribution is -2.23. The van der Waals surface area contributed by atoms with Gasteiger partial charge in [-0.1, -0.05) is 6.07 Å². The maximum Gasteiger partial charge on any atom is 0.251 e. The van der Waals surface area contributed by atoms with E-state index in [9.17, 15) is 4.79 Å². The maximum atomic E-state index is 12.2. The SMILES string of the molecule is Cc1ccc(C(=O)NCc2c(C)nn(C)c2C)cc1C. The Hall–Kier alpha value is -2.10. The van der Waals surface area contributed by atoms with Crippen molar-refractivity contribution >= 4 is 5.91 Å². The molecule has 1 amide bonds. The van der Waals surface area contributed by atoms with Gasteiger partial charge in [-0.3, -0.25) is 9.48 Å². The molecule has 0 radical (unpaired) electrons. The third kappa shape index (κ3) is 2.74. The van der Waals surface area contributed by atoms with E-state index in [0.29, 0.717) is 12.1 Å². The summed E-state index contributed by atoms with van der Waals surface area (Å²) >= 11 is 0. The Labute approximate surface area is 119 Å². The molecule has 20 heavy (non-hydrogen) atoms. The minimum atomic E-state index is -0.0456. The van der Waals surface area contributed by atoms with Gasteiger partial charge in [0.2, 0.25) is 0 Å². The van der Waals surface area contributed by atoms with Crippen molar-refractivity contribution in [2.75, 3.05) is 0 Å². The van der Waals surface area contributed by atoms with E-state index in [2.05, 4.69) is 10.4 Å². The van der Waals surface area contributed by atoms with E-state index in [-0.39, 0.29) is 5.91 Å². The van der Waals surface area contributed by atoms with Crippen LogP contribution in [0.3, 0.4) is 0 Å². The van der Waals surface area contributed by atoms with Crippen LogP contribution in [0.4, 0.5) is 0 Å². The first-order valence-corrected chi connectivity index (χ1v) is 6.74. The first-order valence-electron chi connectivity index (χ1n) is 6.74. The van der Waals surface area contributed by atoms with E-state index < -0.39 is 0 Å². The molecule has 0 aliphatic rings. The molecule has 4 nitrogen and oxygen atoms in total. The molecule has 0 saturated carbocycles. The van der Waals surface area contributed by atoms with Crippen LogP contribution in [0, 0.1) is 27.7 Å². The third-order valence-electron chi connectivity index (χ3n) is 3.85. The normalized spacial score (nSPS) is 10.7. The lowest BCUT2D eigenvalue weighted by atomic mass is 10.1. The van der Waals surface area contributed by atoms with Crippen LogP contribution in [0.2, 0.25) is 0 Å². The summed E-state index contributed by atoms with van der Waals surface area (Å²) in [7, 11) is 1.91. The van der Waals surface area contributed by atoms with Crippen molar-refractivity contribution in [1.82, 2.24) is 15.1 Å². The quantitative estimate of drug-likeness (QED) is 0.932. The minimum Gasteiger partial charge on any atom is -0.348 e. The topological polar surface area (TPSA) is 46.9 Å². The van der Waals surface area contributed by atoms with Crippen molar-refractivity contribution < 1.29 is 4.79 Å². The molecule has 1 heterocycles. The van der Waals surface area contributed by atoms with Gasteiger partial charge in [0.05, 0.1) is 5.69 Å². The number of aromatic nitrogens is 2. The molecule has 4 heteroatoms. The van der Waals surface area contributed by atoms with Crippen LogP contribution in [0.5, 0.6) is 0 Å². The van der Waals surface area contributed by atoms with Gasteiger partial charge in [-0.05, 0) is 51.0 Å². The van der Waals surface area contributed by atoms with Gasteiger partial charge < -0.3 is 5.32 Å². The Morgan fingerprint density at radius 3 is 2.45 bits per heavy atom. The van der Waals surface area contributed by atoms with Crippen molar-refractivity contribution in [3.63, 3.8) is 0 Å². The Morgan fingerprint density at radius 1 is 1.20 bits per heavy atom. The Balaban J connectivity index is 2.10. The predicted octanol–water partition coefficient (Wildman–Crippen LogP) is 2.58. The van der Waals surface area contributed by atoms with E-state index in [1.54, 1.807) is 0 Å². The molecule has 0 aliphatic carbocycles. The largest absolute Gasteiger partial charge is 0.348 e. The number of aryl methyl sites for hydroxylation is 4. The van der Waals surface area contributed by atoms with Gasteiger partial charge in [-0.25, -0.2) is 0 Å². The summed E-state index contributed by atoms with van der Waals surface area (Å²) in [5, 5.41) is 7.32. The standard InChI is InChI=1S/C16H21N3O/c1-10-6-7-14(8-11(10)2)16(20)17-9-15-12(3)18-19(5)13(15)4/h6-8H,9H2,1-5H3,(H,17,20). The molecule has 2 rings (SSSR count). The van der Waals surface area contributed by atoms with Gasteiger partial charge in [0, 0.05) is 30.4 Å². The highest BCUT2D eigenvalue weighted by Gasteiger charge is 2.11. The van der Waals surface area contributed by atoms with Crippen LogP contribution in [0.1, 0.15) is 38.4 Å². The van der Waals surface area contributed by atoms with Crippen molar-refractivity contribution in [2.45, 2.75) is 34.2 Å². The van der Waals surface area contributed by atoms with Gasteiger partial charge in [0.1, 0.15) is 0 Å².